The van der Waals surface area contributed by atoms with Gasteiger partial charge in [-0.1, -0.05) is 11.6 Å². The minimum atomic E-state index is -4.09. The van der Waals surface area contributed by atoms with Gasteiger partial charge in [-0.05, 0) is 6.07 Å². The molecule has 0 fully saturated rings. The van der Waals surface area contributed by atoms with E-state index in [0.717, 1.165) is 22.5 Å². The van der Waals surface area contributed by atoms with E-state index in [0.29, 0.717) is 0 Å². The van der Waals surface area contributed by atoms with Crippen LogP contribution in [0.2, 0.25) is 5.02 Å². The van der Waals surface area contributed by atoms with Gasteiger partial charge in [0.15, 0.2) is 0 Å². The zero-order valence-corrected chi connectivity index (χ0v) is 11.9. The third-order valence-corrected chi connectivity index (χ3v) is 4.79. The Bertz CT molecular complexity index is 645. The maximum atomic E-state index is 12.2. The highest BCUT2D eigenvalue weighted by Crippen LogP contribution is 2.28. The van der Waals surface area contributed by atoms with Gasteiger partial charge in [-0.15, -0.1) is 0 Å². The van der Waals surface area contributed by atoms with Crippen LogP contribution in [0.15, 0.2) is 23.1 Å². The van der Waals surface area contributed by atoms with E-state index in [-0.39, 0.29) is 18.0 Å². The van der Waals surface area contributed by atoms with Crippen molar-refractivity contribution in [2.75, 3.05) is 13.6 Å². The monoisotopic (exact) mass is 322 g/mol. The molecule has 0 saturated carbocycles. The summed E-state index contributed by atoms with van der Waals surface area (Å²) in [7, 11) is -2.91. The Morgan fingerprint density at radius 2 is 2.10 bits per heavy atom. The number of nitro groups is 1. The summed E-state index contributed by atoms with van der Waals surface area (Å²) in [5.74, 6) is -1.16. The van der Waals surface area contributed by atoms with Crippen LogP contribution in [0.3, 0.4) is 0 Å². The Hall–Kier alpha value is -1.71. The second kappa shape index (κ2) is 6.16. The Balaban J connectivity index is 3.17. The number of hydrogen-bond donors (Lipinski definition) is 1. The van der Waals surface area contributed by atoms with Crippen LogP contribution < -0.4 is 0 Å². The normalized spacial score (nSPS) is 11.6. The molecule has 0 radical (unpaired) electrons. The Morgan fingerprint density at radius 3 is 2.60 bits per heavy atom. The molecule has 0 spiro atoms. The predicted molar refractivity (Wildman–Crippen MR) is 70.2 cm³/mol. The highest BCUT2D eigenvalue weighted by atomic mass is 35.5. The van der Waals surface area contributed by atoms with Gasteiger partial charge in [0.05, 0.1) is 16.4 Å². The molecule has 10 heteroatoms. The van der Waals surface area contributed by atoms with E-state index < -0.39 is 31.5 Å². The number of nitro benzene ring substituents is 1. The molecule has 0 bridgehead atoms. The zero-order chi connectivity index (χ0) is 15.5. The fourth-order valence-electron chi connectivity index (χ4n) is 1.34. The Labute approximate surface area is 119 Å². The van der Waals surface area contributed by atoms with E-state index in [1.165, 1.54) is 7.05 Å². The molecule has 1 aromatic carbocycles. The standard InChI is InChI=1S/C10H11ClN2O6S/c1-12(5-4-10(14)15)20(18,19)9-6-7(13(16)17)2-3-8(9)11/h2-3,6H,4-5H2,1H3,(H,14,15). The second-order valence-corrected chi connectivity index (χ2v) is 6.26. The number of benzene rings is 1. The van der Waals surface area contributed by atoms with E-state index in [1.54, 1.807) is 0 Å². The van der Waals surface area contributed by atoms with Crippen LogP contribution in [0.4, 0.5) is 5.69 Å². The van der Waals surface area contributed by atoms with Gasteiger partial charge in [0.1, 0.15) is 4.90 Å². The van der Waals surface area contributed by atoms with E-state index in [2.05, 4.69) is 0 Å². The van der Waals surface area contributed by atoms with E-state index in [4.69, 9.17) is 16.7 Å². The number of aliphatic carboxylic acids is 1. The third-order valence-electron chi connectivity index (χ3n) is 2.45. The van der Waals surface area contributed by atoms with Gasteiger partial charge in [-0.2, -0.15) is 0 Å². The maximum Gasteiger partial charge on any atom is 0.304 e. The van der Waals surface area contributed by atoms with Crippen LogP contribution in [0, 0.1) is 10.1 Å². The molecule has 0 aliphatic carbocycles. The molecule has 0 saturated heterocycles. The summed E-state index contributed by atoms with van der Waals surface area (Å²) in [5.41, 5.74) is -0.417. The van der Waals surface area contributed by atoms with Crippen LogP contribution >= 0.6 is 11.6 Å². The van der Waals surface area contributed by atoms with Gasteiger partial charge in [0, 0.05) is 25.7 Å². The first-order valence-corrected chi connectivity index (χ1v) is 7.10. The number of sulfonamides is 1. The van der Waals surface area contributed by atoms with Gasteiger partial charge in [0.2, 0.25) is 10.0 Å². The minimum Gasteiger partial charge on any atom is -0.481 e. The van der Waals surface area contributed by atoms with Gasteiger partial charge in [-0.25, -0.2) is 12.7 Å². The summed E-state index contributed by atoms with van der Waals surface area (Å²) >= 11 is 5.75. The molecule has 0 aliphatic rings. The molecule has 1 aromatic rings. The molecular formula is C10H11ClN2O6S. The lowest BCUT2D eigenvalue weighted by atomic mass is 10.3. The van der Waals surface area contributed by atoms with Crippen molar-refractivity contribution in [3.63, 3.8) is 0 Å². The van der Waals surface area contributed by atoms with Crippen LogP contribution in [-0.4, -0.2) is 42.3 Å². The van der Waals surface area contributed by atoms with Crippen molar-refractivity contribution in [1.82, 2.24) is 4.31 Å². The van der Waals surface area contributed by atoms with Crippen molar-refractivity contribution < 1.29 is 23.2 Å². The lowest BCUT2D eigenvalue weighted by Crippen LogP contribution is -2.29. The third kappa shape index (κ3) is 3.65. The summed E-state index contributed by atoms with van der Waals surface area (Å²) in [6.07, 6.45) is -0.387. The lowest BCUT2D eigenvalue weighted by molar-refractivity contribution is -0.385. The largest absolute Gasteiger partial charge is 0.481 e. The quantitative estimate of drug-likeness (QED) is 0.623. The zero-order valence-electron chi connectivity index (χ0n) is 10.3. The first kappa shape index (κ1) is 16.3. The predicted octanol–water partition coefficient (Wildman–Crippen LogP) is 1.34. The average Bonchev–Trinajstić information content (AvgIpc) is 2.35. The molecule has 110 valence electrons. The lowest BCUT2D eigenvalue weighted by Gasteiger charge is -2.16. The molecule has 8 nitrogen and oxygen atoms in total. The van der Waals surface area contributed by atoms with Crippen molar-refractivity contribution in [1.29, 1.82) is 0 Å². The first-order valence-electron chi connectivity index (χ1n) is 5.28. The summed E-state index contributed by atoms with van der Waals surface area (Å²) < 4.78 is 25.1. The topological polar surface area (TPSA) is 118 Å². The number of rotatable bonds is 6. The first-order chi connectivity index (χ1) is 9.16. The van der Waals surface area contributed by atoms with Gasteiger partial charge in [0.25, 0.3) is 5.69 Å². The average molecular weight is 323 g/mol. The summed E-state index contributed by atoms with van der Waals surface area (Å²) in [5, 5.41) is 19.0. The van der Waals surface area contributed by atoms with Crippen molar-refractivity contribution in [3.8, 4) is 0 Å². The molecule has 0 amide bonds. The van der Waals surface area contributed by atoms with Crippen LogP contribution in [-0.2, 0) is 14.8 Å². The number of carboxylic acids is 1. The van der Waals surface area contributed by atoms with Crippen molar-refractivity contribution >= 4 is 33.3 Å². The SMILES string of the molecule is CN(CCC(=O)O)S(=O)(=O)c1cc([N+](=O)[O-])ccc1Cl. The van der Waals surface area contributed by atoms with Crippen molar-refractivity contribution in [2.45, 2.75) is 11.3 Å². The van der Waals surface area contributed by atoms with Crippen LogP contribution in [0.25, 0.3) is 0 Å². The Kier molecular flexibility index (Phi) is 5.03. The molecule has 0 heterocycles. The van der Waals surface area contributed by atoms with Crippen molar-refractivity contribution in [3.05, 3.63) is 33.3 Å². The fraction of sp³-hybridized carbons (Fsp3) is 0.300. The van der Waals surface area contributed by atoms with Gasteiger partial charge < -0.3 is 5.11 Å². The molecule has 20 heavy (non-hydrogen) atoms. The molecule has 0 atom stereocenters. The number of halogens is 1. The second-order valence-electron chi connectivity index (χ2n) is 3.84. The highest BCUT2D eigenvalue weighted by Gasteiger charge is 2.26. The number of non-ortho nitro benzene ring substituents is 1. The molecule has 1 rings (SSSR count). The van der Waals surface area contributed by atoms with E-state index >= 15 is 0 Å². The highest BCUT2D eigenvalue weighted by molar-refractivity contribution is 7.89. The molecular weight excluding hydrogens is 312 g/mol. The van der Waals surface area contributed by atoms with Crippen LogP contribution in [0.5, 0.6) is 0 Å². The summed E-state index contributed by atoms with van der Waals surface area (Å²) in [6.45, 7) is -0.267. The number of hydrogen-bond acceptors (Lipinski definition) is 5. The van der Waals surface area contributed by atoms with E-state index in [1.807, 2.05) is 0 Å². The van der Waals surface area contributed by atoms with Crippen LogP contribution in [0.1, 0.15) is 6.42 Å². The Morgan fingerprint density at radius 1 is 1.50 bits per heavy atom. The summed E-state index contributed by atoms with van der Waals surface area (Å²) in [4.78, 5) is 19.9. The molecule has 0 aromatic heterocycles. The number of carbonyl (C=O) groups is 1. The molecule has 1 N–H and O–H groups in total. The number of carboxylic acid groups (broad SMARTS) is 1. The molecule has 0 unspecified atom stereocenters. The maximum absolute atomic E-state index is 12.2. The number of nitrogens with zero attached hydrogens (tertiary/aromatic N) is 2. The molecule has 0 aliphatic heterocycles. The fourth-order valence-corrected chi connectivity index (χ4v) is 3.01. The van der Waals surface area contributed by atoms with Gasteiger partial charge in [-0.3, -0.25) is 14.9 Å². The van der Waals surface area contributed by atoms with Gasteiger partial charge >= 0.3 is 5.97 Å². The van der Waals surface area contributed by atoms with E-state index in [9.17, 15) is 23.3 Å². The smallest absolute Gasteiger partial charge is 0.304 e. The minimum absolute atomic E-state index is 0.169. The van der Waals surface area contributed by atoms with Crippen molar-refractivity contribution in [2.24, 2.45) is 0 Å². The summed E-state index contributed by atoms with van der Waals surface area (Å²) in [6, 6.07) is 3.03.